The predicted molar refractivity (Wildman–Crippen MR) is 115 cm³/mol. The molecule has 8 nitrogen and oxygen atoms in total. The van der Waals surface area contributed by atoms with Gasteiger partial charge in [-0.05, 0) is 39.0 Å². The third kappa shape index (κ3) is 6.64. The van der Waals surface area contributed by atoms with Crippen LogP contribution in [0.1, 0.15) is 40.2 Å². The molecule has 166 valence electrons. The fourth-order valence-corrected chi connectivity index (χ4v) is 3.24. The lowest BCUT2D eigenvalue weighted by Gasteiger charge is -2.31. The van der Waals surface area contributed by atoms with Crippen molar-refractivity contribution >= 4 is 23.6 Å². The molecule has 8 heteroatoms. The van der Waals surface area contributed by atoms with Crippen LogP contribution in [0.2, 0.25) is 0 Å². The van der Waals surface area contributed by atoms with Gasteiger partial charge in [-0.1, -0.05) is 6.92 Å². The van der Waals surface area contributed by atoms with Crippen molar-refractivity contribution in [2.24, 2.45) is 5.92 Å². The molecule has 0 saturated heterocycles. The first-order valence-corrected chi connectivity index (χ1v) is 10.1. The lowest BCUT2D eigenvalue weighted by Crippen LogP contribution is -2.45. The Labute approximate surface area is 178 Å². The quantitative estimate of drug-likeness (QED) is 0.814. The molecule has 0 bridgehead atoms. The van der Waals surface area contributed by atoms with Gasteiger partial charge >= 0.3 is 6.09 Å². The molecule has 1 aromatic carbocycles. The Morgan fingerprint density at radius 1 is 1.33 bits per heavy atom. The number of carbonyl (C=O) groups is 3. The SMILES string of the molecule is CC(=O)Nc1ccc2c(c1)CC(=O)N(C)C[C@@H](C)[C@@H](CN(C)C(=O)OC(C)(C)C)O2. The van der Waals surface area contributed by atoms with Crippen molar-refractivity contribution in [2.75, 3.05) is 32.5 Å². The fourth-order valence-electron chi connectivity index (χ4n) is 3.24. The van der Waals surface area contributed by atoms with Gasteiger partial charge < -0.3 is 24.6 Å². The smallest absolute Gasteiger partial charge is 0.410 e. The summed E-state index contributed by atoms with van der Waals surface area (Å²) in [5, 5.41) is 2.73. The molecule has 1 aliphatic rings. The molecule has 2 rings (SSSR count). The van der Waals surface area contributed by atoms with Crippen LogP contribution in [0.3, 0.4) is 0 Å². The maximum atomic E-state index is 12.7. The average Bonchev–Trinajstić information content (AvgIpc) is 2.63. The van der Waals surface area contributed by atoms with E-state index in [1.807, 2.05) is 27.7 Å². The van der Waals surface area contributed by atoms with Gasteiger partial charge in [0.25, 0.3) is 0 Å². The van der Waals surface area contributed by atoms with Crippen LogP contribution >= 0.6 is 0 Å². The zero-order chi connectivity index (χ0) is 22.6. The van der Waals surface area contributed by atoms with Crippen LogP contribution in [0.4, 0.5) is 10.5 Å². The molecule has 1 aromatic rings. The van der Waals surface area contributed by atoms with E-state index in [4.69, 9.17) is 9.47 Å². The van der Waals surface area contributed by atoms with E-state index in [0.29, 0.717) is 30.1 Å². The molecule has 0 saturated carbocycles. The van der Waals surface area contributed by atoms with E-state index in [1.54, 1.807) is 37.2 Å². The molecule has 2 atom stereocenters. The van der Waals surface area contributed by atoms with E-state index < -0.39 is 11.7 Å². The van der Waals surface area contributed by atoms with Crippen molar-refractivity contribution in [3.8, 4) is 5.75 Å². The van der Waals surface area contributed by atoms with E-state index in [9.17, 15) is 14.4 Å². The molecule has 0 unspecified atom stereocenters. The number of rotatable bonds is 3. The van der Waals surface area contributed by atoms with Gasteiger partial charge in [-0.25, -0.2) is 4.79 Å². The molecule has 0 spiro atoms. The largest absolute Gasteiger partial charge is 0.488 e. The molecular weight excluding hydrogens is 386 g/mol. The van der Waals surface area contributed by atoms with Crippen LogP contribution in [-0.2, 0) is 20.7 Å². The molecule has 0 aromatic heterocycles. The first kappa shape index (κ1) is 23.5. The first-order chi connectivity index (χ1) is 13.9. The molecule has 30 heavy (non-hydrogen) atoms. The van der Waals surface area contributed by atoms with Crippen LogP contribution in [0.25, 0.3) is 0 Å². The van der Waals surface area contributed by atoms with Gasteiger partial charge in [0, 0.05) is 44.7 Å². The summed E-state index contributed by atoms with van der Waals surface area (Å²) in [5.74, 6) is 0.327. The van der Waals surface area contributed by atoms with Gasteiger partial charge in [0.15, 0.2) is 0 Å². The van der Waals surface area contributed by atoms with Gasteiger partial charge in [-0.2, -0.15) is 0 Å². The zero-order valence-electron chi connectivity index (χ0n) is 18.9. The van der Waals surface area contributed by atoms with Crippen molar-refractivity contribution in [1.82, 2.24) is 9.80 Å². The number of ether oxygens (including phenoxy) is 2. The second kappa shape index (κ2) is 9.36. The number of carbonyl (C=O) groups excluding carboxylic acids is 3. The first-order valence-electron chi connectivity index (χ1n) is 10.1. The fraction of sp³-hybridized carbons (Fsp3) is 0.591. The summed E-state index contributed by atoms with van der Waals surface area (Å²) in [4.78, 5) is 39.6. The Hall–Kier alpha value is -2.77. The van der Waals surface area contributed by atoms with Gasteiger partial charge in [-0.15, -0.1) is 0 Å². The number of fused-ring (bicyclic) bond motifs is 1. The van der Waals surface area contributed by atoms with E-state index in [2.05, 4.69) is 5.32 Å². The van der Waals surface area contributed by atoms with Gasteiger partial charge in [-0.3, -0.25) is 9.59 Å². The summed E-state index contributed by atoms with van der Waals surface area (Å²) in [7, 11) is 3.43. The molecule has 0 aliphatic carbocycles. The number of benzene rings is 1. The lowest BCUT2D eigenvalue weighted by atomic mass is 10.0. The molecule has 3 amide bonds. The van der Waals surface area contributed by atoms with E-state index in [0.717, 1.165) is 0 Å². The summed E-state index contributed by atoms with van der Waals surface area (Å²) in [6.07, 6.45) is -0.606. The van der Waals surface area contributed by atoms with Gasteiger partial charge in [0.1, 0.15) is 17.5 Å². The van der Waals surface area contributed by atoms with Crippen molar-refractivity contribution in [1.29, 1.82) is 0 Å². The molecule has 0 radical (unpaired) electrons. The Morgan fingerprint density at radius 3 is 2.60 bits per heavy atom. The minimum absolute atomic E-state index is 0.0233. The molecule has 1 N–H and O–H groups in total. The topological polar surface area (TPSA) is 88.2 Å². The highest BCUT2D eigenvalue weighted by Crippen LogP contribution is 2.28. The number of hydrogen-bond donors (Lipinski definition) is 1. The molecule has 0 fully saturated rings. The summed E-state index contributed by atoms with van der Waals surface area (Å²) < 4.78 is 11.7. The normalized spacial score (nSPS) is 19.6. The third-order valence-electron chi connectivity index (χ3n) is 4.78. The van der Waals surface area contributed by atoms with Crippen molar-refractivity contribution in [2.45, 2.75) is 52.7 Å². The Balaban J connectivity index is 2.29. The Morgan fingerprint density at radius 2 is 2.00 bits per heavy atom. The second-order valence-electron chi connectivity index (χ2n) is 8.95. The highest BCUT2D eigenvalue weighted by Gasteiger charge is 2.30. The van der Waals surface area contributed by atoms with Crippen LogP contribution in [0, 0.1) is 5.92 Å². The minimum atomic E-state index is -0.588. The highest BCUT2D eigenvalue weighted by molar-refractivity contribution is 5.89. The number of likely N-dealkylation sites (N-methyl/N-ethyl adjacent to an activating group) is 2. The minimum Gasteiger partial charge on any atom is -0.488 e. The number of nitrogens with zero attached hydrogens (tertiary/aromatic N) is 2. The zero-order valence-corrected chi connectivity index (χ0v) is 18.9. The number of anilines is 1. The average molecular weight is 420 g/mol. The maximum Gasteiger partial charge on any atom is 0.410 e. The van der Waals surface area contributed by atoms with E-state index in [-0.39, 0.29) is 30.3 Å². The van der Waals surface area contributed by atoms with Gasteiger partial charge in [0.05, 0.1) is 13.0 Å². The summed E-state index contributed by atoms with van der Waals surface area (Å²) >= 11 is 0. The number of hydrogen-bond acceptors (Lipinski definition) is 5. The summed E-state index contributed by atoms with van der Waals surface area (Å²) in [6, 6.07) is 5.26. The van der Waals surface area contributed by atoms with Gasteiger partial charge in [0.2, 0.25) is 11.8 Å². The van der Waals surface area contributed by atoms with E-state index >= 15 is 0 Å². The van der Waals surface area contributed by atoms with Crippen LogP contribution in [0.5, 0.6) is 5.75 Å². The highest BCUT2D eigenvalue weighted by atomic mass is 16.6. The summed E-state index contributed by atoms with van der Waals surface area (Å²) in [5.41, 5.74) is 0.711. The van der Waals surface area contributed by atoms with Crippen LogP contribution in [0.15, 0.2) is 18.2 Å². The third-order valence-corrected chi connectivity index (χ3v) is 4.78. The summed E-state index contributed by atoms with van der Waals surface area (Å²) in [6.45, 7) is 9.70. The van der Waals surface area contributed by atoms with E-state index in [1.165, 1.54) is 11.8 Å². The number of amides is 3. The van der Waals surface area contributed by atoms with Crippen molar-refractivity contribution < 1.29 is 23.9 Å². The molecule has 1 heterocycles. The standard InChI is InChI=1S/C22H33N3O5/c1-14-12-24(6)20(27)11-16-10-17(23-15(2)26)8-9-18(16)29-19(14)13-25(7)21(28)30-22(3,4)5/h8-10,14,19H,11-13H2,1-7H3,(H,23,26)/t14-,19-/m1/s1. The monoisotopic (exact) mass is 419 g/mol. The second-order valence-corrected chi connectivity index (χ2v) is 8.95. The number of nitrogens with one attached hydrogen (secondary N) is 1. The molecule has 1 aliphatic heterocycles. The van der Waals surface area contributed by atoms with Crippen molar-refractivity contribution in [3.05, 3.63) is 23.8 Å². The maximum absolute atomic E-state index is 12.7. The predicted octanol–water partition coefficient (Wildman–Crippen LogP) is 2.91. The van der Waals surface area contributed by atoms with Crippen LogP contribution < -0.4 is 10.1 Å². The molecular formula is C22H33N3O5. The Bertz CT molecular complexity index is 802. The lowest BCUT2D eigenvalue weighted by molar-refractivity contribution is -0.129. The Kier molecular flexibility index (Phi) is 7.34. The van der Waals surface area contributed by atoms with Crippen LogP contribution in [-0.4, -0.2) is 66.6 Å². The van der Waals surface area contributed by atoms with Crippen molar-refractivity contribution in [3.63, 3.8) is 0 Å².